The van der Waals surface area contributed by atoms with Crippen LogP contribution in [0.1, 0.15) is 39.0 Å². The van der Waals surface area contributed by atoms with Gasteiger partial charge in [0.25, 0.3) is 5.91 Å². The fraction of sp³-hybridized carbons (Fsp3) is 0.733. The smallest absolute Gasteiger partial charge is 0.275 e. The Bertz CT molecular complexity index is 678. The number of quaternary nitrogens is 1. The maximum absolute atomic E-state index is 12.2. The molecule has 2 aliphatic carbocycles. The fourth-order valence-corrected chi connectivity index (χ4v) is 3.74. The molecule has 0 aliphatic heterocycles. The van der Waals surface area contributed by atoms with Crippen LogP contribution in [0.15, 0.2) is 0 Å². The minimum absolute atomic E-state index is 0.0674. The van der Waals surface area contributed by atoms with Crippen LogP contribution in [-0.4, -0.2) is 47.3 Å². The predicted molar refractivity (Wildman–Crippen MR) is 94.7 cm³/mol. The molecule has 2 amide bonds. The van der Waals surface area contributed by atoms with Crippen LogP contribution in [0.3, 0.4) is 0 Å². The number of hydrogen-bond donors (Lipinski definition) is 2. The third kappa shape index (κ3) is 4.40. The summed E-state index contributed by atoms with van der Waals surface area (Å²) < 4.78 is 2.37. The Morgan fingerprint density at radius 3 is 2.71 bits per heavy atom. The summed E-state index contributed by atoms with van der Waals surface area (Å²) in [6, 6.07) is 0.659. The molecule has 1 atom stereocenters. The zero-order valence-corrected chi connectivity index (χ0v) is 15.7. The number of aromatic nitrogens is 2. The van der Waals surface area contributed by atoms with E-state index in [9.17, 15) is 9.59 Å². The van der Waals surface area contributed by atoms with Crippen molar-refractivity contribution in [3.05, 3.63) is 3.95 Å². The van der Waals surface area contributed by atoms with Crippen LogP contribution in [0, 0.1) is 3.95 Å². The molecule has 2 aliphatic rings. The molecule has 0 aromatic carbocycles. The van der Waals surface area contributed by atoms with Crippen molar-refractivity contribution < 1.29 is 14.5 Å². The van der Waals surface area contributed by atoms with E-state index in [0.717, 1.165) is 30.6 Å². The summed E-state index contributed by atoms with van der Waals surface area (Å²) in [7, 11) is 1.95. The van der Waals surface area contributed by atoms with E-state index in [1.54, 1.807) is 9.58 Å². The highest BCUT2D eigenvalue weighted by Gasteiger charge is 2.35. The van der Waals surface area contributed by atoms with Crippen LogP contribution in [0.5, 0.6) is 0 Å². The molecule has 2 N–H and O–H groups in total. The van der Waals surface area contributed by atoms with Gasteiger partial charge in [-0.1, -0.05) is 18.3 Å². The molecular formula is C15H24N5O2S2+. The minimum atomic E-state index is 0.0674. The quantitative estimate of drug-likeness (QED) is 0.647. The number of hydrogen-bond acceptors (Lipinski definition) is 5. The normalized spacial score (nSPS) is 18.2. The largest absolute Gasteiger partial charge is 0.348 e. The van der Waals surface area contributed by atoms with Crippen LogP contribution in [0.4, 0.5) is 5.13 Å². The number of nitrogens with zero attached hydrogens (tertiary/aromatic N) is 3. The Morgan fingerprint density at radius 1 is 1.42 bits per heavy atom. The minimum Gasteiger partial charge on any atom is -0.348 e. The fourth-order valence-electron chi connectivity index (χ4n) is 2.55. The van der Waals surface area contributed by atoms with Crippen molar-refractivity contribution in [2.24, 2.45) is 0 Å². The Morgan fingerprint density at radius 2 is 2.12 bits per heavy atom. The van der Waals surface area contributed by atoms with E-state index in [4.69, 9.17) is 12.2 Å². The van der Waals surface area contributed by atoms with Crippen LogP contribution in [0.25, 0.3) is 0 Å². The van der Waals surface area contributed by atoms with Crippen molar-refractivity contribution in [3.63, 3.8) is 0 Å². The first-order chi connectivity index (χ1) is 11.5. The molecular weight excluding hydrogens is 346 g/mol. The van der Waals surface area contributed by atoms with Gasteiger partial charge < -0.3 is 10.2 Å². The van der Waals surface area contributed by atoms with E-state index >= 15 is 0 Å². The molecule has 2 saturated carbocycles. The zero-order valence-electron chi connectivity index (χ0n) is 14.1. The maximum Gasteiger partial charge on any atom is 0.275 e. The van der Waals surface area contributed by atoms with Gasteiger partial charge >= 0.3 is 0 Å². The van der Waals surface area contributed by atoms with E-state index in [1.165, 1.54) is 11.3 Å². The van der Waals surface area contributed by atoms with Gasteiger partial charge in [-0.25, -0.2) is 0 Å². The van der Waals surface area contributed by atoms with Gasteiger partial charge in [0.05, 0.1) is 7.05 Å². The highest BCUT2D eigenvalue weighted by Crippen LogP contribution is 2.33. The third-order valence-corrected chi connectivity index (χ3v) is 5.42. The summed E-state index contributed by atoms with van der Waals surface area (Å²) in [6.07, 6.45) is 4.71. The average molecular weight is 371 g/mol. The van der Waals surface area contributed by atoms with Gasteiger partial charge in [-0.15, -0.1) is 5.10 Å². The lowest BCUT2D eigenvalue weighted by Crippen LogP contribution is -3.09. The molecule has 7 nitrogen and oxygen atoms in total. The van der Waals surface area contributed by atoms with E-state index in [1.807, 2.05) is 14.0 Å². The first-order valence-corrected chi connectivity index (χ1v) is 9.71. The van der Waals surface area contributed by atoms with Crippen molar-refractivity contribution in [1.29, 1.82) is 0 Å². The van der Waals surface area contributed by atoms with Crippen molar-refractivity contribution in [3.8, 4) is 0 Å². The van der Waals surface area contributed by atoms with Crippen molar-refractivity contribution >= 4 is 40.5 Å². The molecule has 0 bridgehead atoms. The zero-order chi connectivity index (χ0) is 17.3. The Kier molecular flexibility index (Phi) is 5.31. The summed E-state index contributed by atoms with van der Waals surface area (Å²) in [6.45, 7) is 2.78. The first kappa shape index (κ1) is 17.5. The Balaban J connectivity index is 1.63. The monoisotopic (exact) mass is 370 g/mol. The van der Waals surface area contributed by atoms with Crippen molar-refractivity contribution in [2.75, 3.05) is 18.5 Å². The molecule has 1 unspecified atom stereocenters. The molecule has 1 heterocycles. The van der Waals surface area contributed by atoms with E-state index in [2.05, 4.69) is 10.4 Å². The first-order valence-electron chi connectivity index (χ1n) is 8.48. The summed E-state index contributed by atoms with van der Waals surface area (Å²) in [5.74, 6) is 0.163. The molecule has 1 aromatic rings. The summed E-state index contributed by atoms with van der Waals surface area (Å²) >= 11 is 6.77. The van der Waals surface area contributed by atoms with Crippen molar-refractivity contribution in [2.45, 2.75) is 57.8 Å². The Hall–Kier alpha value is -1.32. The van der Waals surface area contributed by atoms with Gasteiger partial charge in [-0.3, -0.25) is 14.5 Å². The lowest BCUT2D eigenvalue weighted by atomic mass is 10.4. The molecule has 2 fully saturated rings. The van der Waals surface area contributed by atoms with E-state index in [0.29, 0.717) is 34.8 Å². The predicted octanol–water partition coefficient (Wildman–Crippen LogP) is 0.330. The van der Waals surface area contributed by atoms with E-state index in [-0.39, 0.29) is 17.9 Å². The van der Waals surface area contributed by atoms with Crippen LogP contribution in [0.2, 0.25) is 0 Å². The summed E-state index contributed by atoms with van der Waals surface area (Å²) in [4.78, 5) is 26.9. The van der Waals surface area contributed by atoms with Crippen LogP contribution < -0.4 is 15.1 Å². The molecule has 0 spiro atoms. The van der Waals surface area contributed by atoms with E-state index < -0.39 is 0 Å². The molecule has 0 saturated heterocycles. The maximum atomic E-state index is 12.2. The highest BCUT2D eigenvalue weighted by atomic mass is 32.1. The number of likely N-dealkylation sites (N-methyl/N-ethyl adjacent to an activating group) is 1. The van der Waals surface area contributed by atoms with Gasteiger partial charge in [-0.05, 0) is 37.9 Å². The molecule has 3 rings (SSSR count). The summed E-state index contributed by atoms with van der Waals surface area (Å²) in [5.41, 5.74) is 0. The van der Waals surface area contributed by atoms with Crippen molar-refractivity contribution in [1.82, 2.24) is 15.1 Å². The molecule has 132 valence electrons. The second-order valence-corrected chi connectivity index (χ2v) is 8.23. The number of carbonyl (C=O) groups excluding carboxylic acids is 2. The van der Waals surface area contributed by atoms with Crippen LogP contribution >= 0.6 is 23.6 Å². The molecule has 0 radical (unpaired) electrons. The lowest BCUT2D eigenvalue weighted by molar-refractivity contribution is -0.895. The van der Waals surface area contributed by atoms with Gasteiger partial charge in [0.1, 0.15) is 0 Å². The molecule has 24 heavy (non-hydrogen) atoms. The van der Waals surface area contributed by atoms with Crippen LogP contribution in [-0.2, 0) is 16.3 Å². The lowest BCUT2D eigenvalue weighted by Gasteiger charge is -2.18. The summed E-state index contributed by atoms with van der Waals surface area (Å²) in [5, 5.41) is 8.22. The van der Waals surface area contributed by atoms with Gasteiger partial charge in [0.2, 0.25) is 11.0 Å². The third-order valence-electron chi connectivity index (χ3n) is 4.11. The van der Waals surface area contributed by atoms with Gasteiger partial charge in [0, 0.05) is 18.5 Å². The Labute approximate surface area is 150 Å². The number of carbonyl (C=O) groups is 2. The number of nitrogens with one attached hydrogen (secondary N) is 2. The standard InChI is InChI=1S/C15H23N5O2S2/c1-3-13(22)20(11-6-7-11)14-17-19(15(23)24-14)9-18(2)8-12(21)16-10-4-5-10/h10-11H,3-9H2,1-2H3,(H,16,21)/p+1. The average Bonchev–Trinajstić information content (AvgIpc) is 3.42. The second-order valence-electron chi connectivity index (χ2n) is 6.63. The SMILES string of the molecule is CCC(=O)N(c1nn(C[NH+](C)CC(=O)NC2CC2)c(=S)s1)C1CC1. The molecule has 9 heteroatoms. The number of anilines is 1. The molecule has 1 aromatic heterocycles. The number of rotatable bonds is 8. The highest BCUT2D eigenvalue weighted by molar-refractivity contribution is 7.73. The van der Waals surface area contributed by atoms with Gasteiger partial charge in [0.15, 0.2) is 17.2 Å². The number of amides is 2. The topological polar surface area (TPSA) is 71.7 Å². The second kappa shape index (κ2) is 7.28. The van der Waals surface area contributed by atoms with Gasteiger partial charge in [-0.2, -0.15) is 4.68 Å².